The summed E-state index contributed by atoms with van der Waals surface area (Å²) in [6.07, 6.45) is -1.59. The molecule has 0 aliphatic heterocycles. The number of esters is 1. The predicted octanol–water partition coefficient (Wildman–Crippen LogP) is 4.68. The molecule has 0 aliphatic rings. The van der Waals surface area contributed by atoms with Gasteiger partial charge in [0.1, 0.15) is 18.2 Å². The van der Waals surface area contributed by atoms with Crippen molar-refractivity contribution < 1.29 is 52.3 Å². The lowest BCUT2D eigenvalue weighted by Gasteiger charge is -2.22. The SMILES string of the molecule is CCCCOC(=O)O[C@@H](C)[C@H](C)OC(=O)[C@@H](N)Cc1ccc(OC(=O)OCCC)c(OC(=O)OCCC)c1. The summed E-state index contributed by atoms with van der Waals surface area (Å²) in [5.41, 5.74) is 6.51. The molecular formula is C26H39NO11. The van der Waals surface area contributed by atoms with Gasteiger partial charge in [0.25, 0.3) is 0 Å². The van der Waals surface area contributed by atoms with Gasteiger partial charge >= 0.3 is 24.4 Å². The number of benzene rings is 1. The van der Waals surface area contributed by atoms with E-state index in [-0.39, 0.29) is 37.7 Å². The second-order valence-corrected chi connectivity index (χ2v) is 8.41. The van der Waals surface area contributed by atoms with Crippen molar-refractivity contribution in [3.05, 3.63) is 23.8 Å². The Bertz CT molecular complexity index is 905. The van der Waals surface area contributed by atoms with Gasteiger partial charge in [0.2, 0.25) is 0 Å². The van der Waals surface area contributed by atoms with E-state index in [1.54, 1.807) is 19.9 Å². The third-order valence-corrected chi connectivity index (χ3v) is 4.96. The van der Waals surface area contributed by atoms with Gasteiger partial charge in [-0.3, -0.25) is 4.79 Å². The number of ether oxygens (including phenoxy) is 7. The maximum atomic E-state index is 12.5. The van der Waals surface area contributed by atoms with Crippen LogP contribution in [0, 0.1) is 0 Å². The van der Waals surface area contributed by atoms with E-state index in [4.69, 9.17) is 38.9 Å². The molecule has 214 valence electrons. The van der Waals surface area contributed by atoms with Crippen molar-refractivity contribution >= 4 is 24.4 Å². The van der Waals surface area contributed by atoms with Gasteiger partial charge in [0.15, 0.2) is 11.5 Å². The lowest BCUT2D eigenvalue weighted by molar-refractivity contribution is -0.155. The Morgan fingerprint density at radius 1 is 0.737 bits per heavy atom. The summed E-state index contributed by atoms with van der Waals surface area (Å²) in [7, 11) is 0. The molecule has 0 bridgehead atoms. The van der Waals surface area contributed by atoms with Gasteiger partial charge < -0.3 is 38.9 Å². The maximum Gasteiger partial charge on any atom is 0.513 e. The molecule has 2 N–H and O–H groups in total. The van der Waals surface area contributed by atoms with Gasteiger partial charge in [0, 0.05) is 0 Å². The number of carbonyl (C=O) groups is 4. The Balaban J connectivity index is 2.83. The van der Waals surface area contributed by atoms with Crippen LogP contribution in [-0.4, -0.2) is 62.5 Å². The molecule has 3 atom stereocenters. The third-order valence-electron chi connectivity index (χ3n) is 4.96. The van der Waals surface area contributed by atoms with E-state index >= 15 is 0 Å². The molecule has 38 heavy (non-hydrogen) atoms. The Morgan fingerprint density at radius 2 is 1.29 bits per heavy atom. The van der Waals surface area contributed by atoms with E-state index in [1.165, 1.54) is 12.1 Å². The van der Waals surface area contributed by atoms with Crippen LogP contribution in [0.4, 0.5) is 14.4 Å². The summed E-state index contributed by atoms with van der Waals surface area (Å²) in [4.78, 5) is 48.1. The minimum atomic E-state index is -1.10. The Labute approximate surface area is 223 Å². The molecule has 0 amide bonds. The van der Waals surface area contributed by atoms with Crippen LogP contribution in [0.2, 0.25) is 0 Å². The summed E-state index contributed by atoms with van der Waals surface area (Å²) in [5.74, 6) is -0.931. The molecule has 1 aromatic carbocycles. The first-order valence-corrected chi connectivity index (χ1v) is 12.7. The van der Waals surface area contributed by atoms with Crippen molar-refractivity contribution in [2.75, 3.05) is 19.8 Å². The normalized spacial score (nSPS) is 12.9. The Morgan fingerprint density at radius 3 is 1.87 bits per heavy atom. The van der Waals surface area contributed by atoms with Crippen LogP contribution >= 0.6 is 0 Å². The number of hydrogen-bond acceptors (Lipinski definition) is 12. The molecule has 0 unspecified atom stereocenters. The molecular weight excluding hydrogens is 502 g/mol. The van der Waals surface area contributed by atoms with Crippen LogP contribution in [0.1, 0.15) is 65.9 Å². The van der Waals surface area contributed by atoms with E-state index in [2.05, 4.69) is 0 Å². The standard InChI is InChI=1S/C26H39NO11/c1-6-9-14-34-24(29)36-18(5)17(4)35-23(28)20(27)15-19-10-11-21(37-25(30)32-12-7-2)22(16-19)38-26(31)33-13-8-3/h10-11,16-18,20H,6-9,12-15,27H2,1-5H3/t17-,18-,20-/m0/s1. The summed E-state index contributed by atoms with van der Waals surface area (Å²) in [6, 6.07) is 3.22. The highest BCUT2D eigenvalue weighted by Gasteiger charge is 2.25. The molecule has 0 aromatic heterocycles. The largest absolute Gasteiger partial charge is 0.513 e. The van der Waals surface area contributed by atoms with Crippen molar-refractivity contribution in [2.24, 2.45) is 5.73 Å². The zero-order chi connectivity index (χ0) is 28.5. The Hall–Kier alpha value is -3.54. The first kappa shape index (κ1) is 32.5. The zero-order valence-electron chi connectivity index (χ0n) is 22.7. The van der Waals surface area contributed by atoms with Crippen LogP contribution in [0.15, 0.2) is 18.2 Å². The molecule has 12 heteroatoms. The molecule has 0 heterocycles. The summed E-state index contributed by atoms with van der Waals surface area (Å²) in [5, 5.41) is 0. The van der Waals surface area contributed by atoms with Gasteiger partial charge in [-0.1, -0.05) is 33.3 Å². The van der Waals surface area contributed by atoms with Gasteiger partial charge in [-0.15, -0.1) is 0 Å². The topological polar surface area (TPSA) is 159 Å². The molecule has 0 saturated carbocycles. The molecule has 1 rings (SSSR count). The fraction of sp³-hybridized carbons (Fsp3) is 0.615. The van der Waals surface area contributed by atoms with Crippen molar-refractivity contribution in [3.63, 3.8) is 0 Å². The molecule has 0 aliphatic carbocycles. The lowest BCUT2D eigenvalue weighted by Crippen LogP contribution is -2.39. The van der Waals surface area contributed by atoms with Crippen LogP contribution in [-0.2, 0) is 34.9 Å². The van der Waals surface area contributed by atoms with E-state index in [0.717, 1.165) is 6.42 Å². The minimum absolute atomic E-state index is 0.000773. The fourth-order valence-electron chi connectivity index (χ4n) is 2.74. The van der Waals surface area contributed by atoms with Gasteiger partial charge in [-0.25, -0.2) is 14.4 Å². The predicted molar refractivity (Wildman–Crippen MR) is 135 cm³/mol. The quantitative estimate of drug-likeness (QED) is 0.142. The number of rotatable bonds is 15. The highest BCUT2D eigenvalue weighted by Crippen LogP contribution is 2.30. The average molecular weight is 542 g/mol. The second kappa shape index (κ2) is 17.8. The van der Waals surface area contributed by atoms with Gasteiger partial charge in [0.05, 0.1) is 19.8 Å². The Kier molecular flexibility index (Phi) is 15.2. The van der Waals surface area contributed by atoms with Crippen LogP contribution < -0.4 is 15.2 Å². The highest BCUT2D eigenvalue weighted by atomic mass is 16.7. The molecule has 1 aromatic rings. The summed E-state index contributed by atoms with van der Waals surface area (Å²) in [6.45, 7) is 9.27. The summed E-state index contributed by atoms with van der Waals surface area (Å²) >= 11 is 0. The van der Waals surface area contributed by atoms with Crippen molar-refractivity contribution in [1.29, 1.82) is 0 Å². The summed E-state index contributed by atoms with van der Waals surface area (Å²) < 4.78 is 35.5. The first-order valence-electron chi connectivity index (χ1n) is 12.7. The molecule has 0 radical (unpaired) electrons. The fourth-order valence-corrected chi connectivity index (χ4v) is 2.74. The van der Waals surface area contributed by atoms with Crippen molar-refractivity contribution in [2.45, 2.75) is 85.0 Å². The van der Waals surface area contributed by atoms with Crippen molar-refractivity contribution in [1.82, 2.24) is 0 Å². The van der Waals surface area contributed by atoms with Gasteiger partial charge in [-0.05, 0) is 57.2 Å². The molecule has 0 spiro atoms. The van der Waals surface area contributed by atoms with Crippen molar-refractivity contribution in [3.8, 4) is 11.5 Å². The molecule has 0 saturated heterocycles. The van der Waals surface area contributed by atoms with Crippen LogP contribution in [0.25, 0.3) is 0 Å². The number of unbranched alkanes of at least 4 members (excludes halogenated alkanes) is 1. The third kappa shape index (κ3) is 12.6. The number of hydrogen-bond donors (Lipinski definition) is 1. The van der Waals surface area contributed by atoms with E-state index in [1.807, 2.05) is 20.8 Å². The highest BCUT2D eigenvalue weighted by molar-refractivity contribution is 5.76. The molecule has 12 nitrogen and oxygen atoms in total. The van der Waals surface area contributed by atoms with Crippen LogP contribution in [0.3, 0.4) is 0 Å². The first-order chi connectivity index (χ1) is 18.1. The lowest BCUT2D eigenvalue weighted by atomic mass is 10.1. The van der Waals surface area contributed by atoms with Gasteiger partial charge in [-0.2, -0.15) is 0 Å². The van der Waals surface area contributed by atoms with Crippen LogP contribution in [0.5, 0.6) is 11.5 Å². The smallest absolute Gasteiger partial charge is 0.458 e. The maximum absolute atomic E-state index is 12.5. The molecule has 0 fully saturated rings. The zero-order valence-corrected chi connectivity index (χ0v) is 22.7. The van der Waals surface area contributed by atoms with E-state index in [0.29, 0.717) is 24.8 Å². The monoisotopic (exact) mass is 541 g/mol. The number of carbonyl (C=O) groups excluding carboxylic acids is 4. The minimum Gasteiger partial charge on any atom is -0.458 e. The second-order valence-electron chi connectivity index (χ2n) is 8.41. The number of nitrogens with two attached hydrogens (primary N) is 1. The van der Waals surface area contributed by atoms with E-state index in [9.17, 15) is 19.2 Å². The van der Waals surface area contributed by atoms with E-state index < -0.39 is 42.7 Å². The average Bonchev–Trinajstić information content (AvgIpc) is 2.87.